The molecule has 1 saturated carbocycles. The second-order valence-electron chi connectivity index (χ2n) is 5.60. The number of nitrogens with two attached hydrogens (primary N) is 1. The molecule has 19 heavy (non-hydrogen) atoms. The van der Waals surface area contributed by atoms with Crippen LogP contribution in [0.5, 0.6) is 5.75 Å². The third-order valence-corrected chi connectivity index (χ3v) is 4.48. The van der Waals surface area contributed by atoms with E-state index in [0.29, 0.717) is 13.2 Å². The minimum absolute atomic E-state index is 0.166. The van der Waals surface area contributed by atoms with Gasteiger partial charge in [-0.2, -0.15) is 0 Å². The summed E-state index contributed by atoms with van der Waals surface area (Å²) in [6.45, 7) is 1.16. The van der Waals surface area contributed by atoms with E-state index >= 15 is 0 Å². The summed E-state index contributed by atoms with van der Waals surface area (Å²) in [7, 11) is 0. The molecular formula is C15H20FNO2. The van der Waals surface area contributed by atoms with Crippen molar-refractivity contribution in [3.8, 4) is 5.75 Å². The number of ether oxygens (including phenoxy) is 2. The van der Waals surface area contributed by atoms with Gasteiger partial charge in [-0.1, -0.05) is 19.3 Å². The molecule has 0 bridgehead atoms. The second-order valence-corrected chi connectivity index (χ2v) is 5.60. The summed E-state index contributed by atoms with van der Waals surface area (Å²) >= 11 is 0. The highest BCUT2D eigenvalue weighted by Crippen LogP contribution is 2.42. The zero-order valence-corrected chi connectivity index (χ0v) is 11.1. The Bertz CT molecular complexity index is 469. The molecule has 1 heterocycles. The van der Waals surface area contributed by atoms with Crippen LogP contribution in [-0.4, -0.2) is 13.3 Å². The number of hydrogen-bond acceptors (Lipinski definition) is 3. The fraction of sp³-hybridized carbons (Fsp3) is 0.600. The van der Waals surface area contributed by atoms with Crippen molar-refractivity contribution in [1.29, 1.82) is 0 Å². The fourth-order valence-corrected chi connectivity index (χ4v) is 3.32. The van der Waals surface area contributed by atoms with Crippen molar-refractivity contribution in [2.24, 2.45) is 5.73 Å². The lowest BCUT2D eigenvalue weighted by atomic mass is 9.69. The van der Waals surface area contributed by atoms with Gasteiger partial charge in [-0.05, 0) is 30.5 Å². The summed E-state index contributed by atoms with van der Waals surface area (Å²) in [6.07, 6.45) is 5.40. The molecule has 1 aromatic carbocycles. The van der Waals surface area contributed by atoms with Gasteiger partial charge in [-0.15, -0.1) is 0 Å². The topological polar surface area (TPSA) is 44.5 Å². The molecule has 0 aromatic heterocycles. The minimum atomic E-state index is -0.209. The molecule has 3 nitrogen and oxygen atoms in total. The van der Waals surface area contributed by atoms with E-state index in [0.717, 1.165) is 42.6 Å². The van der Waals surface area contributed by atoms with Gasteiger partial charge in [-0.25, -0.2) is 4.39 Å². The van der Waals surface area contributed by atoms with E-state index in [1.54, 1.807) is 6.07 Å². The van der Waals surface area contributed by atoms with Crippen molar-refractivity contribution >= 4 is 0 Å². The van der Waals surface area contributed by atoms with E-state index in [4.69, 9.17) is 15.2 Å². The van der Waals surface area contributed by atoms with Crippen LogP contribution in [-0.2, 0) is 16.8 Å². The summed E-state index contributed by atoms with van der Waals surface area (Å²) < 4.78 is 25.1. The van der Waals surface area contributed by atoms with Crippen molar-refractivity contribution in [3.05, 3.63) is 29.1 Å². The van der Waals surface area contributed by atoms with Crippen LogP contribution in [0, 0.1) is 5.82 Å². The van der Waals surface area contributed by atoms with Crippen LogP contribution in [0.2, 0.25) is 0 Å². The molecule has 2 N–H and O–H groups in total. The van der Waals surface area contributed by atoms with Gasteiger partial charge in [0.15, 0.2) is 6.79 Å². The molecule has 104 valence electrons. The molecule has 0 amide bonds. The first-order valence-electron chi connectivity index (χ1n) is 6.99. The van der Waals surface area contributed by atoms with Gasteiger partial charge >= 0.3 is 0 Å². The molecule has 0 saturated heterocycles. The quantitative estimate of drug-likeness (QED) is 0.894. The molecule has 0 atom stereocenters. The summed E-state index contributed by atoms with van der Waals surface area (Å²) in [5, 5.41) is 0. The third kappa shape index (κ3) is 2.23. The Labute approximate surface area is 112 Å². The molecular weight excluding hydrogens is 245 g/mol. The van der Waals surface area contributed by atoms with Crippen LogP contribution in [0.4, 0.5) is 4.39 Å². The Kier molecular flexibility index (Phi) is 3.46. The molecule has 1 fully saturated rings. The first-order chi connectivity index (χ1) is 9.25. The third-order valence-electron chi connectivity index (χ3n) is 4.48. The van der Waals surface area contributed by atoms with Crippen molar-refractivity contribution in [1.82, 2.24) is 0 Å². The van der Waals surface area contributed by atoms with Crippen LogP contribution in [0.1, 0.15) is 43.2 Å². The Balaban J connectivity index is 2.03. The highest BCUT2D eigenvalue weighted by atomic mass is 19.1. The largest absolute Gasteiger partial charge is 0.467 e. The second kappa shape index (κ2) is 5.10. The summed E-state index contributed by atoms with van der Waals surface area (Å²) in [5.41, 5.74) is 7.29. The Morgan fingerprint density at radius 1 is 1.21 bits per heavy atom. The van der Waals surface area contributed by atoms with E-state index < -0.39 is 0 Å². The normalized spacial score (nSPS) is 21.6. The molecule has 0 spiro atoms. The van der Waals surface area contributed by atoms with E-state index in [2.05, 4.69) is 0 Å². The first-order valence-corrected chi connectivity index (χ1v) is 6.99. The van der Waals surface area contributed by atoms with Gasteiger partial charge in [0.05, 0.1) is 6.61 Å². The predicted octanol–water partition coefficient (Wildman–Crippen LogP) is 2.85. The SMILES string of the molecule is NCC1(c2cc3c(cc2F)COCO3)CCCCC1. The van der Waals surface area contributed by atoms with E-state index in [1.807, 2.05) is 6.07 Å². The summed E-state index contributed by atoms with van der Waals surface area (Å²) in [6, 6.07) is 3.40. The minimum Gasteiger partial charge on any atom is -0.467 e. The maximum atomic E-state index is 14.4. The highest BCUT2D eigenvalue weighted by molar-refractivity contribution is 5.42. The maximum absolute atomic E-state index is 14.4. The molecule has 1 aromatic rings. The fourth-order valence-electron chi connectivity index (χ4n) is 3.32. The Morgan fingerprint density at radius 2 is 2.00 bits per heavy atom. The molecule has 0 unspecified atom stereocenters. The van der Waals surface area contributed by atoms with Crippen molar-refractivity contribution < 1.29 is 13.9 Å². The number of halogens is 1. The molecule has 3 rings (SSSR count). The van der Waals surface area contributed by atoms with Crippen LogP contribution >= 0.6 is 0 Å². The smallest absolute Gasteiger partial charge is 0.189 e. The average molecular weight is 265 g/mol. The van der Waals surface area contributed by atoms with Crippen molar-refractivity contribution in [3.63, 3.8) is 0 Å². The van der Waals surface area contributed by atoms with E-state index in [1.165, 1.54) is 6.42 Å². The number of rotatable bonds is 2. The van der Waals surface area contributed by atoms with Crippen molar-refractivity contribution in [2.45, 2.75) is 44.1 Å². The van der Waals surface area contributed by atoms with Gasteiger partial charge in [-0.3, -0.25) is 0 Å². The lowest BCUT2D eigenvalue weighted by Crippen LogP contribution is -2.38. The monoisotopic (exact) mass is 265 g/mol. The standard InChI is InChI=1S/C15H20FNO2/c16-13-6-11-8-18-10-19-14(11)7-12(13)15(9-17)4-2-1-3-5-15/h6-7H,1-5,8-10,17H2. The lowest BCUT2D eigenvalue weighted by Gasteiger charge is -2.37. The van der Waals surface area contributed by atoms with Crippen LogP contribution in [0.15, 0.2) is 12.1 Å². The molecule has 4 heteroatoms. The predicted molar refractivity (Wildman–Crippen MR) is 70.5 cm³/mol. The van der Waals surface area contributed by atoms with E-state index in [9.17, 15) is 4.39 Å². The molecule has 2 aliphatic rings. The zero-order chi connectivity index (χ0) is 13.3. The van der Waals surface area contributed by atoms with Gasteiger partial charge in [0.2, 0.25) is 0 Å². The van der Waals surface area contributed by atoms with Gasteiger partial charge in [0.25, 0.3) is 0 Å². The number of fused-ring (bicyclic) bond motifs is 1. The van der Waals surface area contributed by atoms with Gasteiger partial charge < -0.3 is 15.2 Å². The lowest BCUT2D eigenvalue weighted by molar-refractivity contribution is -0.0167. The number of hydrogen-bond donors (Lipinski definition) is 1. The first kappa shape index (κ1) is 12.9. The van der Waals surface area contributed by atoms with Crippen LogP contribution < -0.4 is 10.5 Å². The molecule has 1 aliphatic heterocycles. The maximum Gasteiger partial charge on any atom is 0.189 e. The highest BCUT2D eigenvalue weighted by Gasteiger charge is 2.35. The van der Waals surface area contributed by atoms with Crippen molar-refractivity contribution in [2.75, 3.05) is 13.3 Å². The summed E-state index contributed by atoms with van der Waals surface area (Å²) in [5.74, 6) is 0.584. The Morgan fingerprint density at radius 3 is 2.74 bits per heavy atom. The molecule has 0 radical (unpaired) electrons. The van der Waals surface area contributed by atoms with E-state index in [-0.39, 0.29) is 18.0 Å². The van der Waals surface area contributed by atoms with Crippen LogP contribution in [0.3, 0.4) is 0 Å². The zero-order valence-electron chi connectivity index (χ0n) is 11.1. The van der Waals surface area contributed by atoms with Gasteiger partial charge in [0.1, 0.15) is 11.6 Å². The van der Waals surface area contributed by atoms with Crippen LogP contribution in [0.25, 0.3) is 0 Å². The summed E-state index contributed by atoms with van der Waals surface area (Å²) in [4.78, 5) is 0. The number of benzene rings is 1. The van der Waals surface area contributed by atoms with Gasteiger partial charge in [0, 0.05) is 17.5 Å². The molecule has 1 aliphatic carbocycles. The Hall–Kier alpha value is -1.13. The average Bonchev–Trinajstić information content (AvgIpc) is 2.47.